The van der Waals surface area contributed by atoms with Crippen LogP contribution in [0.5, 0.6) is 11.5 Å². The number of carbonyl (C=O) groups is 1. The minimum absolute atomic E-state index is 0.114. The summed E-state index contributed by atoms with van der Waals surface area (Å²) in [6, 6.07) is 4.62. The summed E-state index contributed by atoms with van der Waals surface area (Å²) < 4.78 is 38.3. The van der Waals surface area contributed by atoms with Crippen LogP contribution in [0.2, 0.25) is 0 Å². The molecule has 7 nitrogen and oxygen atoms in total. The topological polar surface area (TPSA) is 76.2 Å². The van der Waals surface area contributed by atoms with Crippen LogP contribution in [0.4, 0.5) is 0 Å². The van der Waals surface area contributed by atoms with Crippen molar-refractivity contribution in [2.45, 2.75) is 43.4 Å². The molecule has 0 N–H and O–H groups in total. The zero-order valence-corrected chi connectivity index (χ0v) is 17.8. The van der Waals surface area contributed by atoms with Crippen LogP contribution in [-0.4, -0.2) is 63.4 Å². The summed E-state index contributed by atoms with van der Waals surface area (Å²) in [5.74, 6) is 2.17. The maximum absolute atomic E-state index is 13.0. The van der Waals surface area contributed by atoms with Crippen molar-refractivity contribution >= 4 is 15.9 Å². The third kappa shape index (κ3) is 4.38. The molecule has 4 rings (SSSR count). The van der Waals surface area contributed by atoms with Crippen molar-refractivity contribution in [3.8, 4) is 11.5 Å². The summed E-state index contributed by atoms with van der Waals surface area (Å²) in [7, 11) is -2.33. The molecule has 3 aliphatic rings. The van der Waals surface area contributed by atoms with Gasteiger partial charge in [0.25, 0.3) is 0 Å². The fraction of sp³-hybridized carbons (Fsp3) is 0.667. The average molecular weight is 423 g/mol. The second-order valence-electron chi connectivity index (χ2n) is 8.35. The zero-order chi connectivity index (χ0) is 20.4. The second-order valence-corrected chi connectivity index (χ2v) is 10.4. The minimum atomic E-state index is -3.79. The Morgan fingerprint density at radius 1 is 1.07 bits per heavy atom. The van der Waals surface area contributed by atoms with Crippen molar-refractivity contribution < 1.29 is 22.7 Å². The molecular weight excluding hydrogens is 392 g/mol. The molecule has 1 saturated heterocycles. The molecule has 0 bridgehead atoms. The summed E-state index contributed by atoms with van der Waals surface area (Å²) >= 11 is 0. The molecule has 0 spiro atoms. The van der Waals surface area contributed by atoms with E-state index in [-0.39, 0.29) is 17.3 Å². The third-order valence-electron chi connectivity index (χ3n) is 6.43. The highest BCUT2D eigenvalue weighted by Crippen LogP contribution is 2.36. The third-order valence-corrected chi connectivity index (χ3v) is 8.23. The number of nitrogens with zero attached hydrogens (tertiary/aromatic N) is 2. The minimum Gasteiger partial charge on any atom is -0.490 e. The number of ether oxygens (including phenoxy) is 2. The SMILES string of the molecule is CN(CC(=O)N1CCC2CCCCC2C1)S(=O)(=O)c1ccc2c(c1)OCCCO2. The smallest absolute Gasteiger partial charge is 0.243 e. The molecule has 29 heavy (non-hydrogen) atoms. The fourth-order valence-electron chi connectivity index (χ4n) is 4.69. The Balaban J connectivity index is 1.42. The van der Waals surface area contributed by atoms with Gasteiger partial charge in [0, 0.05) is 32.6 Å². The molecule has 2 fully saturated rings. The highest BCUT2D eigenvalue weighted by atomic mass is 32.2. The molecule has 1 saturated carbocycles. The zero-order valence-electron chi connectivity index (χ0n) is 17.0. The maximum atomic E-state index is 13.0. The molecule has 0 radical (unpaired) electrons. The number of fused-ring (bicyclic) bond motifs is 2. The number of benzene rings is 1. The Kier molecular flexibility index (Phi) is 6.01. The first-order valence-electron chi connectivity index (χ1n) is 10.6. The fourth-order valence-corrected chi connectivity index (χ4v) is 5.82. The molecule has 160 valence electrons. The van der Waals surface area contributed by atoms with Gasteiger partial charge in [0.1, 0.15) is 0 Å². The van der Waals surface area contributed by atoms with E-state index in [1.54, 1.807) is 6.07 Å². The number of hydrogen-bond donors (Lipinski definition) is 0. The van der Waals surface area contributed by atoms with Gasteiger partial charge in [0.15, 0.2) is 11.5 Å². The summed E-state index contributed by atoms with van der Waals surface area (Å²) in [4.78, 5) is 14.8. The van der Waals surface area contributed by atoms with E-state index in [1.165, 1.54) is 44.9 Å². The van der Waals surface area contributed by atoms with E-state index in [2.05, 4.69) is 0 Å². The molecule has 2 aliphatic heterocycles. The molecule has 1 aromatic carbocycles. The van der Waals surface area contributed by atoms with Crippen LogP contribution >= 0.6 is 0 Å². The molecule has 0 aromatic heterocycles. The van der Waals surface area contributed by atoms with Gasteiger partial charge in [-0.15, -0.1) is 0 Å². The number of likely N-dealkylation sites (N-methyl/N-ethyl adjacent to an activating group) is 1. The quantitative estimate of drug-likeness (QED) is 0.745. The van der Waals surface area contributed by atoms with Gasteiger partial charge in [-0.3, -0.25) is 4.79 Å². The number of likely N-dealkylation sites (tertiary alicyclic amines) is 1. The van der Waals surface area contributed by atoms with Gasteiger partial charge in [0.05, 0.1) is 24.7 Å². The van der Waals surface area contributed by atoms with E-state index < -0.39 is 10.0 Å². The maximum Gasteiger partial charge on any atom is 0.243 e. The standard InChI is InChI=1S/C21H30N2O5S/c1-22(15-21(24)23-10-9-16-5-2-3-6-17(16)14-23)29(25,26)18-7-8-19-20(13-18)28-12-4-11-27-19/h7-8,13,16-17H,2-6,9-12,14-15H2,1H3. The average Bonchev–Trinajstić information content (AvgIpc) is 2.98. The number of carbonyl (C=O) groups excluding carboxylic acids is 1. The van der Waals surface area contributed by atoms with Crippen molar-refractivity contribution in [2.75, 3.05) is 39.9 Å². The Hall–Kier alpha value is -1.80. The summed E-state index contributed by atoms with van der Waals surface area (Å²) in [6.45, 7) is 2.39. The van der Waals surface area contributed by atoms with Crippen molar-refractivity contribution in [3.63, 3.8) is 0 Å². The number of piperidine rings is 1. The summed E-state index contributed by atoms with van der Waals surface area (Å²) in [5.41, 5.74) is 0. The normalized spacial score (nSPS) is 24.7. The van der Waals surface area contributed by atoms with Gasteiger partial charge in [-0.1, -0.05) is 19.3 Å². The highest BCUT2D eigenvalue weighted by Gasteiger charge is 2.34. The van der Waals surface area contributed by atoms with Gasteiger partial charge in [-0.05, 0) is 36.8 Å². The van der Waals surface area contributed by atoms with Gasteiger partial charge in [-0.2, -0.15) is 4.31 Å². The lowest BCUT2D eigenvalue weighted by molar-refractivity contribution is -0.134. The first kappa shape index (κ1) is 20.5. The molecule has 2 atom stereocenters. The largest absolute Gasteiger partial charge is 0.490 e. The second kappa shape index (κ2) is 8.52. The van der Waals surface area contributed by atoms with Crippen molar-refractivity contribution in [1.29, 1.82) is 0 Å². The van der Waals surface area contributed by atoms with E-state index >= 15 is 0 Å². The van der Waals surface area contributed by atoms with E-state index in [4.69, 9.17) is 9.47 Å². The number of rotatable bonds is 4. The van der Waals surface area contributed by atoms with Crippen LogP contribution in [0.3, 0.4) is 0 Å². The number of amides is 1. The number of sulfonamides is 1. The van der Waals surface area contributed by atoms with Crippen LogP contribution < -0.4 is 9.47 Å². The lowest BCUT2D eigenvalue weighted by Gasteiger charge is -2.41. The monoisotopic (exact) mass is 422 g/mol. The Labute approximate surface area is 173 Å². The highest BCUT2D eigenvalue weighted by molar-refractivity contribution is 7.89. The Morgan fingerprint density at radius 2 is 1.79 bits per heavy atom. The lowest BCUT2D eigenvalue weighted by Crippen LogP contribution is -2.48. The predicted molar refractivity (Wildman–Crippen MR) is 109 cm³/mol. The predicted octanol–water partition coefficient (Wildman–Crippen LogP) is 2.51. The summed E-state index contributed by atoms with van der Waals surface area (Å²) in [6.07, 6.45) is 6.77. The van der Waals surface area contributed by atoms with Crippen LogP contribution in [0.15, 0.2) is 23.1 Å². The van der Waals surface area contributed by atoms with Crippen LogP contribution in [-0.2, 0) is 14.8 Å². The lowest BCUT2D eigenvalue weighted by atomic mass is 9.75. The first-order chi connectivity index (χ1) is 13.9. The van der Waals surface area contributed by atoms with Crippen molar-refractivity contribution in [1.82, 2.24) is 9.21 Å². The molecule has 1 amide bonds. The summed E-state index contributed by atoms with van der Waals surface area (Å²) in [5, 5.41) is 0. The van der Waals surface area contributed by atoms with Crippen LogP contribution in [0.25, 0.3) is 0 Å². The van der Waals surface area contributed by atoms with Gasteiger partial charge >= 0.3 is 0 Å². The van der Waals surface area contributed by atoms with E-state index in [0.717, 1.165) is 36.2 Å². The molecule has 8 heteroatoms. The molecular formula is C21H30N2O5S. The molecule has 1 aromatic rings. The van der Waals surface area contributed by atoms with E-state index in [0.29, 0.717) is 30.6 Å². The van der Waals surface area contributed by atoms with E-state index in [1.807, 2.05) is 4.90 Å². The van der Waals surface area contributed by atoms with Crippen molar-refractivity contribution in [3.05, 3.63) is 18.2 Å². The number of hydrogen-bond acceptors (Lipinski definition) is 5. The molecule has 2 heterocycles. The van der Waals surface area contributed by atoms with Gasteiger partial charge in [-0.25, -0.2) is 8.42 Å². The van der Waals surface area contributed by atoms with E-state index in [9.17, 15) is 13.2 Å². The van der Waals surface area contributed by atoms with Crippen LogP contribution in [0.1, 0.15) is 38.5 Å². The van der Waals surface area contributed by atoms with Gasteiger partial charge < -0.3 is 14.4 Å². The molecule has 2 unspecified atom stereocenters. The Morgan fingerprint density at radius 3 is 2.59 bits per heavy atom. The van der Waals surface area contributed by atoms with Crippen molar-refractivity contribution in [2.24, 2.45) is 11.8 Å². The van der Waals surface area contributed by atoms with Gasteiger partial charge in [0.2, 0.25) is 15.9 Å². The van der Waals surface area contributed by atoms with Crippen LogP contribution in [0, 0.1) is 11.8 Å². The molecule has 1 aliphatic carbocycles. The Bertz CT molecular complexity index is 857. The first-order valence-corrected chi connectivity index (χ1v) is 12.0.